The van der Waals surface area contributed by atoms with E-state index in [1.807, 2.05) is 42.5 Å². The van der Waals surface area contributed by atoms with Crippen molar-refractivity contribution in [1.82, 2.24) is 15.0 Å². The molecule has 5 heteroatoms. The van der Waals surface area contributed by atoms with Crippen molar-refractivity contribution in [3.63, 3.8) is 0 Å². The summed E-state index contributed by atoms with van der Waals surface area (Å²) in [6.07, 6.45) is 0. The number of hydrogen-bond acceptors (Lipinski definition) is 5. The summed E-state index contributed by atoms with van der Waals surface area (Å²) >= 11 is 0. The van der Waals surface area contributed by atoms with Crippen LogP contribution in [0, 0.1) is 0 Å². The molecule has 0 aliphatic rings. The minimum atomic E-state index is 0.572. The number of para-hydroxylation sites is 1. The average molecular weight is 666 g/mol. The van der Waals surface area contributed by atoms with Crippen molar-refractivity contribution in [3.8, 4) is 45.3 Å². The molecule has 5 nitrogen and oxygen atoms in total. The lowest BCUT2D eigenvalue weighted by Gasteiger charge is -2.11. The van der Waals surface area contributed by atoms with Crippen molar-refractivity contribution < 1.29 is 8.83 Å². The molecule has 3 aromatic heterocycles. The van der Waals surface area contributed by atoms with E-state index in [-0.39, 0.29) is 0 Å². The van der Waals surface area contributed by atoms with Gasteiger partial charge in [-0.25, -0.2) is 15.0 Å². The number of benzene rings is 8. The van der Waals surface area contributed by atoms with Gasteiger partial charge in [0.25, 0.3) is 0 Å². The van der Waals surface area contributed by atoms with Crippen LogP contribution in [0.15, 0.2) is 173 Å². The number of rotatable bonds is 4. The van der Waals surface area contributed by atoms with Crippen LogP contribution in [0.3, 0.4) is 0 Å². The highest BCUT2D eigenvalue weighted by molar-refractivity contribution is 6.14. The van der Waals surface area contributed by atoms with E-state index in [4.69, 9.17) is 23.8 Å². The zero-order valence-corrected chi connectivity index (χ0v) is 27.7. The Hall–Kier alpha value is -7.11. The second kappa shape index (κ2) is 11.2. The zero-order valence-electron chi connectivity index (χ0n) is 27.7. The van der Waals surface area contributed by atoms with E-state index in [9.17, 15) is 0 Å². The monoisotopic (exact) mass is 665 g/mol. The fraction of sp³-hybridized carbons (Fsp3) is 0. The molecule has 0 N–H and O–H groups in total. The fourth-order valence-electron chi connectivity index (χ4n) is 7.60. The molecule has 0 saturated heterocycles. The summed E-state index contributed by atoms with van der Waals surface area (Å²) in [5.74, 6) is 1.74. The number of nitrogens with zero attached hydrogens (tertiary/aromatic N) is 3. The molecule has 0 atom stereocenters. The van der Waals surface area contributed by atoms with Crippen molar-refractivity contribution in [2.75, 3.05) is 0 Å². The Morgan fingerprint density at radius 1 is 0.308 bits per heavy atom. The average Bonchev–Trinajstić information content (AvgIpc) is 3.78. The largest absolute Gasteiger partial charge is 0.456 e. The normalized spacial score (nSPS) is 11.8. The van der Waals surface area contributed by atoms with Crippen molar-refractivity contribution in [1.29, 1.82) is 0 Å². The lowest BCUT2D eigenvalue weighted by Crippen LogP contribution is -2.00. The van der Waals surface area contributed by atoms with Gasteiger partial charge in [0.2, 0.25) is 0 Å². The van der Waals surface area contributed by atoms with E-state index in [1.165, 1.54) is 10.8 Å². The number of fused-ring (bicyclic) bond motifs is 8. The number of furan rings is 2. The molecule has 0 amide bonds. The predicted octanol–water partition coefficient (Wildman–Crippen LogP) is 12.6. The van der Waals surface area contributed by atoms with E-state index >= 15 is 0 Å². The second-order valence-corrected chi connectivity index (χ2v) is 13.2. The van der Waals surface area contributed by atoms with E-state index in [0.717, 1.165) is 82.5 Å². The van der Waals surface area contributed by atoms with Crippen LogP contribution in [0.5, 0.6) is 0 Å². The quantitative estimate of drug-likeness (QED) is 0.187. The molecule has 242 valence electrons. The standard InChI is InChI=1S/C47H27N3O2/c1-3-11-30-25-32(21-19-28(30)9-1)33-23-24-40-38(27-33)44-37(15-8-18-42(44)52-40)47-49-45(34-22-20-29-10-2-4-12-31(29)26-34)48-46(50-47)36-14-7-17-41-43(36)35-13-5-6-16-39(35)51-41/h1-27H. The first-order valence-corrected chi connectivity index (χ1v) is 17.3. The summed E-state index contributed by atoms with van der Waals surface area (Å²) in [4.78, 5) is 15.6. The van der Waals surface area contributed by atoms with Gasteiger partial charge < -0.3 is 8.83 Å². The fourth-order valence-corrected chi connectivity index (χ4v) is 7.60. The van der Waals surface area contributed by atoms with Gasteiger partial charge in [0.1, 0.15) is 22.3 Å². The van der Waals surface area contributed by atoms with Crippen LogP contribution in [0.1, 0.15) is 0 Å². The minimum absolute atomic E-state index is 0.572. The summed E-state index contributed by atoms with van der Waals surface area (Å²) in [7, 11) is 0. The third kappa shape index (κ3) is 4.53. The maximum atomic E-state index is 6.47. The Labute approximate surface area is 297 Å². The van der Waals surface area contributed by atoms with Crippen LogP contribution in [0.25, 0.3) is 111 Å². The molecule has 3 heterocycles. The van der Waals surface area contributed by atoms with Crippen LogP contribution in [0.4, 0.5) is 0 Å². The molecule has 11 rings (SSSR count). The molecule has 11 aromatic rings. The molecule has 0 radical (unpaired) electrons. The maximum absolute atomic E-state index is 6.47. The Morgan fingerprint density at radius 3 is 1.48 bits per heavy atom. The summed E-state index contributed by atoms with van der Waals surface area (Å²) in [6, 6.07) is 56.4. The molecular weight excluding hydrogens is 639 g/mol. The third-order valence-corrected chi connectivity index (χ3v) is 10.1. The Morgan fingerprint density at radius 2 is 0.788 bits per heavy atom. The summed E-state index contributed by atoms with van der Waals surface area (Å²) in [5.41, 5.74) is 8.14. The first kappa shape index (κ1) is 28.7. The minimum Gasteiger partial charge on any atom is -0.456 e. The van der Waals surface area contributed by atoms with Crippen molar-refractivity contribution in [3.05, 3.63) is 164 Å². The van der Waals surface area contributed by atoms with Gasteiger partial charge in [0, 0.05) is 38.2 Å². The second-order valence-electron chi connectivity index (χ2n) is 13.2. The van der Waals surface area contributed by atoms with Crippen LogP contribution < -0.4 is 0 Å². The zero-order chi connectivity index (χ0) is 34.2. The van der Waals surface area contributed by atoms with Crippen molar-refractivity contribution in [2.24, 2.45) is 0 Å². The smallest absolute Gasteiger partial charge is 0.164 e. The first-order valence-electron chi connectivity index (χ1n) is 17.3. The number of hydrogen-bond donors (Lipinski definition) is 0. The van der Waals surface area contributed by atoms with Gasteiger partial charge in [-0.15, -0.1) is 0 Å². The highest BCUT2D eigenvalue weighted by Crippen LogP contribution is 2.40. The molecular formula is C47H27N3O2. The van der Waals surface area contributed by atoms with E-state index in [1.54, 1.807) is 0 Å². The molecule has 0 bridgehead atoms. The van der Waals surface area contributed by atoms with Crippen LogP contribution >= 0.6 is 0 Å². The van der Waals surface area contributed by atoms with Gasteiger partial charge in [0.05, 0.1) is 0 Å². The lowest BCUT2D eigenvalue weighted by molar-refractivity contribution is 0.668. The van der Waals surface area contributed by atoms with Crippen LogP contribution in [-0.2, 0) is 0 Å². The van der Waals surface area contributed by atoms with Crippen molar-refractivity contribution >= 4 is 65.4 Å². The van der Waals surface area contributed by atoms with Crippen LogP contribution in [0.2, 0.25) is 0 Å². The number of aromatic nitrogens is 3. The van der Waals surface area contributed by atoms with Gasteiger partial charge in [-0.05, 0) is 75.1 Å². The molecule has 0 unspecified atom stereocenters. The molecule has 8 aromatic carbocycles. The maximum Gasteiger partial charge on any atom is 0.164 e. The van der Waals surface area contributed by atoms with Gasteiger partial charge in [-0.2, -0.15) is 0 Å². The molecule has 0 spiro atoms. The summed E-state index contributed by atoms with van der Waals surface area (Å²) < 4.78 is 12.7. The molecule has 0 aliphatic heterocycles. The molecule has 0 fully saturated rings. The molecule has 0 aliphatic carbocycles. The van der Waals surface area contributed by atoms with E-state index in [0.29, 0.717) is 17.5 Å². The summed E-state index contributed by atoms with van der Waals surface area (Å²) in [6.45, 7) is 0. The van der Waals surface area contributed by atoms with E-state index in [2.05, 4.69) is 121 Å². The Kier molecular flexibility index (Phi) is 6.18. The van der Waals surface area contributed by atoms with Gasteiger partial charge in [-0.3, -0.25) is 0 Å². The van der Waals surface area contributed by atoms with Gasteiger partial charge >= 0.3 is 0 Å². The topological polar surface area (TPSA) is 65.0 Å². The first-order chi connectivity index (χ1) is 25.7. The molecule has 52 heavy (non-hydrogen) atoms. The van der Waals surface area contributed by atoms with E-state index < -0.39 is 0 Å². The summed E-state index contributed by atoms with van der Waals surface area (Å²) in [5, 5.41) is 8.68. The van der Waals surface area contributed by atoms with Crippen molar-refractivity contribution in [2.45, 2.75) is 0 Å². The lowest BCUT2D eigenvalue weighted by atomic mass is 9.98. The SMILES string of the molecule is c1ccc2cc(-c3ccc4oc5cccc(-c6nc(-c7ccc8ccccc8c7)nc(-c7cccc8oc9ccccc9c78)n6)c5c4c3)ccc2c1. The Bertz CT molecular complexity index is 3210. The van der Waals surface area contributed by atoms with Gasteiger partial charge in [0.15, 0.2) is 17.5 Å². The highest BCUT2D eigenvalue weighted by atomic mass is 16.3. The van der Waals surface area contributed by atoms with Gasteiger partial charge in [-0.1, -0.05) is 121 Å². The Balaban J connectivity index is 1.16. The highest BCUT2D eigenvalue weighted by Gasteiger charge is 2.21. The predicted molar refractivity (Wildman–Crippen MR) is 211 cm³/mol. The van der Waals surface area contributed by atoms with Crippen LogP contribution in [-0.4, -0.2) is 15.0 Å². The molecule has 0 saturated carbocycles. The third-order valence-electron chi connectivity index (χ3n) is 10.1.